The number of hydrogen-bond acceptors (Lipinski definition) is 5. The summed E-state index contributed by atoms with van der Waals surface area (Å²) in [6.45, 7) is 0.356. The Labute approximate surface area is 93.6 Å². The number of azide groups is 1. The summed E-state index contributed by atoms with van der Waals surface area (Å²) in [6, 6.07) is 0. The molecule has 7 nitrogen and oxygen atoms in total. The first-order valence-electron chi connectivity index (χ1n) is 4.92. The van der Waals surface area contributed by atoms with Crippen molar-refractivity contribution in [1.82, 2.24) is 0 Å². The van der Waals surface area contributed by atoms with Crippen molar-refractivity contribution in [1.29, 1.82) is 0 Å². The maximum atomic E-state index is 11.4. The van der Waals surface area contributed by atoms with Gasteiger partial charge >= 0.3 is 5.97 Å². The van der Waals surface area contributed by atoms with Gasteiger partial charge in [-0.1, -0.05) is 11.5 Å². The molecule has 0 aliphatic carbocycles. The predicted molar refractivity (Wildman–Crippen MR) is 57.5 cm³/mol. The summed E-state index contributed by atoms with van der Waals surface area (Å²) in [5.41, 5.74) is 12.6. The Morgan fingerprint density at radius 2 is 2.31 bits per heavy atom. The highest BCUT2D eigenvalue weighted by atomic mass is 16.5. The fourth-order valence-corrected chi connectivity index (χ4v) is 1.31. The number of rotatable bonds is 8. The van der Waals surface area contributed by atoms with E-state index in [-0.39, 0.29) is 6.42 Å². The van der Waals surface area contributed by atoms with Gasteiger partial charge in [0.15, 0.2) is 0 Å². The van der Waals surface area contributed by atoms with Gasteiger partial charge in [0.2, 0.25) is 0 Å². The summed E-state index contributed by atoms with van der Waals surface area (Å²) in [6.07, 6.45) is 2.09. The lowest BCUT2D eigenvalue weighted by Gasteiger charge is -2.23. The number of ether oxygens (including phenoxy) is 1. The maximum Gasteiger partial charge on any atom is 0.326 e. The van der Waals surface area contributed by atoms with Gasteiger partial charge in [-0.15, -0.1) is 0 Å². The molecule has 0 aliphatic rings. The zero-order valence-electron chi connectivity index (χ0n) is 9.26. The van der Waals surface area contributed by atoms with Crippen LogP contribution in [0.5, 0.6) is 0 Å². The Bertz CT molecular complexity index is 288. The molecule has 0 saturated carbocycles. The van der Waals surface area contributed by atoms with Crippen molar-refractivity contribution >= 4 is 12.3 Å². The maximum absolute atomic E-state index is 11.4. The fraction of sp³-hybridized carbons (Fsp3) is 0.778. The van der Waals surface area contributed by atoms with E-state index in [1.807, 2.05) is 0 Å². The van der Waals surface area contributed by atoms with Gasteiger partial charge in [-0.2, -0.15) is 0 Å². The monoisotopic (exact) mass is 228 g/mol. The van der Waals surface area contributed by atoms with Crippen LogP contribution in [-0.2, 0) is 14.3 Å². The Kier molecular flexibility index (Phi) is 6.91. The Balaban J connectivity index is 4.16. The van der Waals surface area contributed by atoms with Crippen LogP contribution >= 0.6 is 0 Å². The van der Waals surface area contributed by atoms with Crippen molar-refractivity contribution in [3.8, 4) is 0 Å². The highest BCUT2D eigenvalue weighted by molar-refractivity contribution is 5.83. The summed E-state index contributed by atoms with van der Waals surface area (Å²) in [4.78, 5) is 24.4. The molecule has 0 spiro atoms. The molecule has 0 fully saturated rings. The van der Waals surface area contributed by atoms with Gasteiger partial charge in [0, 0.05) is 17.9 Å². The normalized spacial score (nSPS) is 13.4. The molecule has 0 radical (unpaired) electrons. The van der Waals surface area contributed by atoms with Crippen LogP contribution in [0.3, 0.4) is 0 Å². The van der Waals surface area contributed by atoms with E-state index in [2.05, 4.69) is 14.8 Å². The molecule has 0 aliphatic heterocycles. The summed E-state index contributed by atoms with van der Waals surface area (Å²) in [5.74, 6) is -0.594. The highest BCUT2D eigenvalue weighted by Crippen LogP contribution is 2.16. The van der Waals surface area contributed by atoms with Crippen LogP contribution in [0.15, 0.2) is 5.11 Å². The van der Waals surface area contributed by atoms with E-state index in [1.165, 1.54) is 7.11 Å². The molecule has 7 heteroatoms. The first-order chi connectivity index (χ1) is 7.60. The second-order valence-corrected chi connectivity index (χ2v) is 3.43. The Hall–Kier alpha value is -1.59. The molecule has 0 aromatic carbocycles. The van der Waals surface area contributed by atoms with Crippen molar-refractivity contribution in [2.24, 2.45) is 10.8 Å². The number of carbonyl (C=O) groups excluding carboxylic acids is 2. The van der Waals surface area contributed by atoms with Gasteiger partial charge in [0.1, 0.15) is 11.8 Å². The molecule has 0 heterocycles. The average molecular weight is 228 g/mol. The van der Waals surface area contributed by atoms with Gasteiger partial charge in [0.05, 0.1) is 7.11 Å². The first-order valence-corrected chi connectivity index (χ1v) is 4.92. The summed E-state index contributed by atoms with van der Waals surface area (Å²) in [5, 5.41) is 3.36. The van der Waals surface area contributed by atoms with Crippen LogP contribution in [0.1, 0.15) is 25.7 Å². The van der Waals surface area contributed by atoms with E-state index < -0.39 is 11.5 Å². The average Bonchev–Trinajstić information content (AvgIpc) is 2.28. The predicted octanol–water partition coefficient (Wildman–Crippen LogP) is 0.926. The topological polar surface area (TPSA) is 118 Å². The molecular formula is C9H16N4O3. The number of carbonyl (C=O) groups is 2. The van der Waals surface area contributed by atoms with Crippen LogP contribution in [-0.4, -0.2) is 31.4 Å². The van der Waals surface area contributed by atoms with Gasteiger partial charge < -0.3 is 15.3 Å². The molecule has 0 rings (SSSR count). The molecule has 0 amide bonds. The minimum absolute atomic E-state index is 0.0683. The first kappa shape index (κ1) is 14.4. The van der Waals surface area contributed by atoms with Crippen molar-refractivity contribution in [3.63, 3.8) is 0 Å². The molecule has 0 aromatic heterocycles. The molecule has 90 valence electrons. The lowest BCUT2D eigenvalue weighted by molar-refractivity contribution is -0.148. The van der Waals surface area contributed by atoms with Crippen molar-refractivity contribution in [3.05, 3.63) is 10.4 Å². The zero-order valence-corrected chi connectivity index (χ0v) is 9.26. The van der Waals surface area contributed by atoms with E-state index in [0.717, 1.165) is 0 Å². The minimum Gasteiger partial charge on any atom is -0.468 e. The second kappa shape index (κ2) is 7.67. The number of aldehydes is 1. The highest BCUT2D eigenvalue weighted by Gasteiger charge is 2.33. The molecule has 1 atom stereocenters. The minimum atomic E-state index is -1.26. The fourth-order valence-electron chi connectivity index (χ4n) is 1.31. The van der Waals surface area contributed by atoms with Crippen molar-refractivity contribution in [2.75, 3.05) is 13.7 Å². The summed E-state index contributed by atoms with van der Waals surface area (Å²) in [7, 11) is 1.23. The number of hydrogen-bond donors (Lipinski definition) is 1. The molecule has 0 unspecified atom stereocenters. The number of nitrogens with zero attached hydrogens (tertiary/aromatic N) is 3. The van der Waals surface area contributed by atoms with Gasteiger partial charge in [-0.05, 0) is 18.4 Å². The third-order valence-corrected chi connectivity index (χ3v) is 2.23. The number of esters is 1. The zero-order chi connectivity index (χ0) is 12.4. The summed E-state index contributed by atoms with van der Waals surface area (Å²) < 4.78 is 4.54. The number of methoxy groups -OCH3 is 1. The van der Waals surface area contributed by atoms with E-state index in [9.17, 15) is 9.59 Å². The van der Waals surface area contributed by atoms with Crippen LogP contribution in [0.25, 0.3) is 10.4 Å². The van der Waals surface area contributed by atoms with Gasteiger partial charge in [-0.3, -0.25) is 4.79 Å². The Morgan fingerprint density at radius 1 is 1.62 bits per heavy atom. The van der Waals surface area contributed by atoms with E-state index >= 15 is 0 Å². The van der Waals surface area contributed by atoms with Gasteiger partial charge in [-0.25, -0.2) is 0 Å². The standard InChI is InChI=1S/C9H16N4O3/c1-16-8(15)9(10,5-7-14)4-2-3-6-12-13-11/h7H,2-6,10H2,1H3/t9-/m0/s1. The van der Waals surface area contributed by atoms with Crippen LogP contribution < -0.4 is 5.73 Å². The third-order valence-electron chi connectivity index (χ3n) is 2.23. The number of unbranched alkanes of at least 4 members (excludes halogenated alkanes) is 1. The van der Waals surface area contributed by atoms with E-state index in [0.29, 0.717) is 32.1 Å². The third kappa shape index (κ3) is 4.77. The quantitative estimate of drug-likeness (QED) is 0.166. The van der Waals surface area contributed by atoms with E-state index in [1.54, 1.807) is 0 Å². The summed E-state index contributed by atoms with van der Waals surface area (Å²) >= 11 is 0. The SMILES string of the molecule is COC(=O)[C@@](N)(CC=O)CCCCN=[N+]=[N-]. The molecular weight excluding hydrogens is 212 g/mol. The lowest BCUT2D eigenvalue weighted by Crippen LogP contribution is -2.49. The van der Waals surface area contributed by atoms with Crippen molar-refractivity contribution in [2.45, 2.75) is 31.2 Å². The molecule has 16 heavy (non-hydrogen) atoms. The largest absolute Gasteiger partial charge is 0.468 e. The van der Waals surface area contributed by atoms with Crippen LogP contribution in [0.2, 0.25) is 0 Å². The second-order valence-electron chi connectivity index (χ2n) is 3.43. The molecule has 0 aromatic rings. The van der Waals surface area contributed by atoms with E-state index in [4.69, 9.17) is 11.3 Å². The van der Waals surface area contributed by atoms with Crippen LogP contribution in [0, 0.1) is 0 Å². The smallest absolute Gasteiger partial charge is 0.326 e. The Morgan fingerprint density at radius 3 is 2.81 bits per heavy atom. The molecule has 2 N–H and O–H groups in total. The lowest BCUT2D eigenvalue weighted by atomic mass is 9.91. The molecule has 0 saturated heterocycles. The number of nitrogens with two attached hydrogens (primary N) is 1. The van der Waals surface area contributed by atoms with Crippen LogP contribution in [0.4, 0.5) is 0 Å². The molecule has 0 bridgehead atoms. The van der Waals surface area contributed by atoms with Crippen molar-refractivity contribution < 1.29 is 14.3 Å². The van der Waals surface area contributed by atoms with Gasteiger partial charge in [0.25, 0.3) is 0 Å².